The first-order chi connectivity index (χ1) is 14.8. The Balaban J connectivity index is 2.81. The van der Waals surface area contributed by atoms with Gasteiger partial charge >= 0.3 is 18.0 Å². The molecule has 9 nitrogen and oxygen atoms in total. The smallest absolute Gasteiger partial charge is 0.451 e. The minimum Gasteiger partial charge on any atom is -0.480 e. The summed E-state index contributed by atoms with van der Waals surface area (Å²) < 4.78 is 5.02. The number of carbonyl (C=O) groups excluding carboxylic acids is 2. The molecule has 172 valence electrons. The first kappa shape index (κ1) is 25.9. The highest BCUT2D eigenvalue weighted by atomic mass is 16.8. The van der Waals surface area contributed by atoms with Crippen LogP contribution in [0.2, 0.25) is 0 Å². The predicted octanol–water partition coefficient (Wildman–Crippen LogP) is 3.83. The summed E-state index contributed by atoms with van der Waals surface area (Å²) in [5.74, 6) is -2.40. The first-order valence-corrected chi connectivity index (χ1v) is 10.6. The van der Waals surface area contributed by atoms with Crippen LogP contribution in [0.3, 0.4) is 0 Å². The van der Waals surface area contributed by atoms with E-state index in [0.29, 0.717) is 30.7 Å². The van der Waals surface area contributed by atoms with Gasteiger partial charge in [0.2, 0.25) is 5.96 Å². The van der Waals surface area contributed by atoms with E-state index in [1.54, 1.807) is 6.92 Å². The summed E-state index contributed by atoms with van der Waals surface area (Å²) in [7, 11) is 1.38. The normalized spacial score (nSPS) is 11.3. The van der Waals surface area contributed by atoms with E-state index in [0.717, 1.165) is 16.9 Å². The fraction of sp³-hybridized carbons (Fsp3) is 0.545. The number of hydrogen-bond acceptors (Lipinski definition) is 6. The number of aryl methyl sites for hydroxylation is 1. The van der Waals surface area contributed by atoms with E-state index in [2.05, 4.69) is 0 Å². The van der Waals surface area contributed by atoms with Crippen LogP contribution in [0.4, 0.5) is 4.79 Å². The maximum Gasteiger partial charge on any atom is 0.451 e. The number of nitrogens with one attached hydrogen (secondary N) is 1. The van der Waals surface area contributed by atoms with Crippen molar-refractivity contribution in [1.82, 2.24) is 9.96 Å². The average molecular weight is 436 g/mol. The molecule has 1 unspecified atom stereocenters. The zero-order valence-corrected chi connectivity index (χ0v) is 18.5. The van der Waals surface area contributed by atoms with Gasteiger partial charge in [0.25, 0.3) is 0 Å². The Bertz CT molecular complexity index is 725. The summed E-state index contributed by atoms with van der Waals surface area (Å²) in [6.45, 7) is 3.81. The van der Waals surface area contributed by atoms with Crippen molar-refractivity contribution < 1.29 is 29.1 Å². The van der Waals surface area contributed by atoms with E-state index in [9.17, 15) is 19.5 Å². The van der Waals surface area contributed by atoms with Gasteiger partial charge in [0.1, 0.15) is 6.04 Å². The molecule has 1 aromatic carbocycles. The number of aliphatic carboxylic acids is 1. The van der Waals surface area contributed by atoms with Crippen LogP contribution in [-0.4, -0.2) is 58.8 Å². The lowest BCUT2D eigenvalue weighted by Crippen LogP contribution is -2.52. The Morgan fingerprint density at radius 1 is 1.10 bits per heavy atom. The summed E-state index contributed by atoms with van der Waals surface area (Å²) in [4.78, 5) is 42.6. The molecule has 1 atom stereocenters. The van der Waals surface area contributed by atoms with Crippen LogP contribution in [0, 0.1) is 5.41 Å². The molecule has 0 fully saturated rings. The lowest BCUT2D eigenvalue weighted by molar-refractivity contribution is -0.170. The molecule has 1 rings (SSSR count). The van der Waals surface area contributed by atoms with Gasteiger partial charge in [-0.3, -0.25) is 5.41 Å². The van der Waals surface area contributed by atoms with Crippen LogP contribution in [0.1, 0.15) is 57.9 Å². The lowest BCUT2D eigenvalue weighted by Gasteiger charge is -2.31. The minimum absolute atomic E-state index is 0.0294. The number of carbonyl (C=O) groups is 3. The second kappa shape index (κ2) is 14.0. The number of amides is 1. The molecule has 0 radical (unpaired) electrons. The number of ether oxygens (including phenoxy) is 1. The van der Waals surface area contributed by atoms with E-state index in [1.807, 2.05) is 37.3 Å². The van der Waals surface area contributed by atoms with Crippen LogP contribution in [0.5, 0.6) is 0 Å². The van der Waals surface area contributed by atoms with Crippen molar-refractivity contribution in [2.24, 2.45) is 0 Å². The number of unbranched alkanes of at least 4 members (excludes halogenated alkanes) is 1. The highest BCUT2D eigenvalue weighted by molar-refractivity contribution is 5.94. The maximum atomic E-state index is 12.4. The fourth-order valence-electron chi connectivity index (χ4n) is 2.82. The number of nitrogens with zero attached hydrogens (tertiary/aromatic N) is 2. The SMILES string of the molecule is CCCCC(C(=O)O)N(C)C(=N)N(OC(=O)CCCc1ccccc1)C(=O)OCCC. The van der Waals surface area contributed by atoms with E-state index >= 15 is 0 Å². The highest BCUT2D eigenvalue weighted by Gasteiger charge is 2.33. The Labute approximate surface area is 183 Å². The van der Waals surface area contributed by atoms with E-state index in [-0.39, 0.29) is 19.4 Å². The molecule has 2 N–H and O–H groups in total. The average Bonchev–Trinajstić information content (AvgIpc) is 2.76. The van der Waals surface area contributed by atoms with Gasteiger partial charge in [-0.2, -0.15) is 0 Å². The van der Waals surface area contributed by atoms with Crippen LogP contribution in [0.15, 0.2) is 30.3 Å². The molecule has 0 saturated heterocycles. The summed E-state index contributed by atoms with van der Waals surface area (Å²) in [6, 6.07) is 8.59. The van der Waals surface area contributed by atoms with Crippen molar-refractivity contribution in [1.29, 1.82) is 5.41 Å². The predicted molar refractivity (Wildman–Crippen MR) is 115 cm³/mol. The van der Waals surface area contributed by atoms with Crippen LogP contribution in [0.25, 0.3) is 0 Å². The summed E-state index contributed by atoms with van der Waals surface area (Å²) >= 11 is 0. The van der Waals surface area contributed by atoms with Gasteiger partial charge in [0.15, 0.2) is 0 Å². The third-order valence-corrected chi connectivity index (χ3v) is 4.59. The van der Waals surface area contributed by atoms with Crippen molar-refractivity contribution in [3.05, 3.63) is 35.9 Å². The maximum absolute atomic E-state index is 12.4. The Kier molecular flexibility index (Phi) is 11.7. The highest BCUT2D eigenvalue weighted by Crippen LogP contribution is 2.13. The number of rotatable bonds is 11. The van der Waals surface area contributed by atoms with Gasteiger partial charge in [-0.25, -0.2) is 14.4 Å². The lowest BCUT2D eigenvalue weighted by atomic mass is 10.1. The van der Waals surface area contributed by atoms with Gasteiger partial charge in [-0.1, -0.05) is 62.1 Å². The molecule has 0 aliphatic heterocycles. The Morgan fingerprint density at radius 2 is 1.77 bits per heavy atom. The van der Waals surface area contributed by atoms with Gasteiger partial charge in [0.05, 0.1) is 6.61 Å². The number of carboxylic acid groups (broad SMARTS) is 1. The molecule has 0 heterocycles. The van der Waals surface area contributed by atoms with Gasteiger partial charge < -0.3 is 19.6 Å². The monoisotopic (exact) mass is 435 g/mol. The molecule has 0 aromatic heterocycles. The third-order valence-electron chi connectivity index (χ3n) is 4.59. The Morgan fingerprint density at radius 3 is 2.35 bits per heavy atom. The second-order valence-electron chi connectivity index (χ2n) is 7.14. The number of benzene rings is 1. The van der Waals surface area contributed by atoms with Gasteiger partial charge in [-0.15, -0.1) is 0 Å². The summed E-state index contributed by atoms with van der Waals surface area (Å²) in [6.07, 6.45) is 2.40. The number of hydrogen-bond donors (Lipinski definition) is 2. The van der Waals surface area contributed by atoms with Crippen molar-refractivity contribution in [2.45, 2.75) is 64.8 Å². The number of carboxylic acids is 1. The third kappa shape index (κ3) is 9.06. The fourth-order valence-corrected chi connectivity index (χ4v) is 2.82. The quantitative estimate of drug-likeness (QED) is 0.308. The van der Waals surface area contributed by atoms with Crippen molar-refractivity contribution in [2.75, 3.05) is 13.7 Å². The molecule has 9 heteroatoms. The number of hydroxylamine groups is 2. The van der Waals surface area contributed by atoms with Gasteiger partial charge in [0, 0.05) is 13.5 Å². The molecule has 0 saturated carbocycles. The van der Waals surface area contributed by atoms with E-state index in [1.165, 1.54) is 7.05 Å². The standard InChI is InChI=1S/C22H33N3O6/c1-4-6-14-18(20(27)28)24(3)21(23)25(22(29)30-16-5-2)31-19(26)15-10-13-17-11-8-7-9-12-17/h7-9,11-12,18,23H,4-6,10,13-16H2,1-3H3,(H,27,28). The summed E-state index contributed by atoms with van der Waals surface area (Å²) in [5.41, 5.74) is 1.07. The van der Waals surface area contributed by atoms with E-state index in [4.69, 9.17) is 15.0 Å². The van der Waals surface area contributed by atoms with Crippen LogP contribution in [-0.2, 0) is 25.6 Å². The van der Waals surface area contributed by atoms with Gasteiger partial charge in [-0.05, 0) is 31.2 Å². The Hall–Kier alpha value is -3.10. The molecule has 0 aliphatic carbocycles. The zero-order valence-electron chi connectivity index (χ0n) is 18.5. The number of likely N-dealkylation sites (N-methyl/N-ethyl adjacent to an activating group) is 1. The van der Waals surface area contributed by atoms with Crippen molar-refractivity contribution >= 4 is 24.0 Å². The van der Waals surface area contributed by atoms with Crippen molar-refractivity contribution in [3.63, 3.8) is 0 Å². The van der Waals surface area contributed by atoms with Crippen molar-refractivity contribution in [3.8, 4) is 0 Å². The molecule has 31 heavy (non-hydrogen) atoms. The van der Waals surface area contributed by atoms with Crippen LogP contribution < -0.4 is 0 Å². The molecular weight excluding hydrogens is 402 g/mol. The van der Waals surface area contributed by atoms with Crippen LogP contribution >= 0.6 is 0 Å². The molecule has 1 aromatic rings. The van der Waals surface area contributed by atoms with E-state index < -0.39 is 30.0 Å². The minimum atomic E-state index is -1.13. The molecule has 1 amide bonds. The molecular formula is C22H33N3O6. The molecule has 0 aliphatic rings. The zero-order chi connectivity index (χ0) is 23.2. The first-order valence-electron chi connectivity index (χ1n) is 10.6. The summed E-state index contributed by atoms with van der Waals surface area (Å²) in [5, 5.41) is 18.2. The number of guanidine groups is 1. The second-order valence-corrected chi connectivity index (χ2v) is 7.14. The topological polar surface area (TPSA) is 120 Å². The largest absolute Gasteiger partial charge is 0.480 e. The molecule has 0 spiro atoms. The molecule has 0 bridgehead atoms.